The first-order chi connectivity index (χ1) is 13.1. The van der Waals surface area contributed by atoms with Gasteiger partial charge < -0.3 is 19.7 Å². The summed E-state index contributed by atoms with van der Waals surface area (Å²) in [5.41, 5.74) is 1.84. The number of amides is 1. The molecule has 1 fully saturated rings. The number of carbonyl (C=O) groups is 1. The van der Waals surface area contributed by atoms with Gasteiger partial charge in [-0.3, -0.25) is 4.79 Å². The number of carbonyl (C=O) groups excluding carboxylic acids is 1. The molecule has 2 unspecified atom stereocenters. The average Bonchev–Trinajstić information content (AvgIpc) is 3.16. The van der Waals surface area contributed by atoms with E-state index < -0.39 is 0 Å². The molecule has 0 aliphatic carbocycles. The minimum atomic E-state index is -0.0390. The molecule has 6 nitrogen and oxygen atoms in total. The van der Waals surface area contributed by atoms with Gasteiger partial charge in [-0.2, -0.15) is 0 Å². The number of nitrogens with zero attached hydrogens (tertiary/aromatic N) is 2. The first-order valence-corrected chi connectivity index (χ1v) is 10.2. The number of methoxy groups -OCH3 is 1. The van der Waals surface area contributed by atoms with Crippen LogP contribution in [0.3, 0.4) is 0 Å². The van der Waals surface area contributed by atoms with E-state index in [1.54, 1.807) is 18.4 Å². The fourth-order valence-electron chi connectivity index (χ4n) is 3.39. The van der Waals surface area contributed by atoms with Crippen molar-refractivity contribution in [3.05, 3.63) is 45.9 Å². The topological polar surface area (TPSA) is 63.7 Å². The van der Waals surface area contributed by atoms with Gasteiger partial charge in [-0.05, 0) is 19.9 Å². The second-order valence-electron chi connectivity index (χ2n) is 6.50. The molecule has 2 heterocycles. The second kappa shape index (κ2) is 9.30. The molecule has 2 atom stereocenters. The molecule has 1 aliphatic heterocycles. The molecule has 0 saturated carbocycles. The Morgan fingerprint density at radius 1 is 1.44 bits per heavy atom. The summed E-state index contributed by atoms with van der Waals surface area (Å²) in [6, 6.07) is 7.86. The molecule has 27 heavy (non-hydrogen) atoms. The Labute approximate surface area is 164 Å². The Morgan fingerprint density at radius 3 is 3.04 bits per heavy atom. The van der Waals surface area contributed by atoms with Crippen LogP contribution in [0.5, 0.6) is 5.75 Å². The van der Waals surface area contributed by atoms with Crippen LogP contribution in [0.2, 0.25) is 0 Å². The van der Waals surface area contributed by atoms with E-state index in [2.05, 4.69) is 10.3 Å². The lowest BCUT2D eigenvalue weighted by Gasteiger charge is -2.37. The van der Waals surface area contributed by atoms with E-state index in [-0.39, 0.29) is 18.1 Å². The highest BCUT2D eigenvalue weighted by Crippen LogP contribution is 2.31. The number of ether oxygens (including phenoxy) is 2. The summed E-state index contributed by atoms with van der Waals surface area (Å²) < 4.78 is 11.1. The number of aromatic nitrogens is 1. The van der Waals surface area contributed by atoms with Gasteiger partial charge in [-0.15, -0.1) is 11.3 Å². The molecule has 1 aromatic heterocycles. The molecule has 0 radical (unpaired) electrons. The molecule has 1 aliphatic rings. The van der Waals surface area contributed by atoms with Gasteiger partial charge in [0.2, 0.25) is 5.91 Å². The largest absolute Gasteiger partial charge is 0.496 e. The number of thiazole rings is 1. The van der Waals surface area contributed by atoms with Crippen molar-refractivity contribution in [1.29, 1.82) is 0 Å². The van der Waals surface area contributed by atoms with Gasteiger partial charge in [0.15, 0.2) is 0 Å². The molecule has 1 amide bonds. The molecule has 146 valence electrons. The Balaban J connectivity index is 1.74. The smallest absolute Gasteiger partial charge is 0.229 e. The van der Waals surface area contributed by atoms with Crippen molar-refractivity contribution in [3.63, 3.8) is 0 Å². The van der Waals surface area contributed by atoms with Crippen molar-refractivity contribution in [3.8, 4) is 5.75 Å². The highest BCUT2D eigenvalue weighted by atomic mass is 32.1. The third kappa shape index (κ3) is 4.66. The van der Waals surface area contributed by atoms with E-state index >= 15 is 0 Å². The summed E-state index contributed by atoms with van der Waals surface area (Å²) in [7, 11) is 1.66. The number of benzene rings is 1. The van der Waals surface area contributed by atoms with Crippen molar-refractivity contribution in [2.75, 3.05) is 33.4 Å². The minimum Gasteiger partial charge on any atom is -0.496 e. The first kappa shape index (κ1) is 19.8. The van der Waals surface area contributed by atoms with Gasteiger partial charge >= 0.3 is 0 Å². The standard InChI is InChI=1S/C20H27N3O3S/c1-4-26-14(2)20-22-15(13-27-20)11-19(24)23-10-9-21-12-17(23)16-7-5-6-8-18(16)25-3/h5-8,13-14,17,21H,4,9-12H2,1-3H3. The fourth-order valence-corrected chi connectivity index (χ4v) is 4.21. The van der Waals surface area contributed by atoms with Gasteiger partial charge in [0, 0.05) is 37.2 Å². The van der Waals surface area contributed by atoms with Crippen molar-refractivity contribution in [2.24, 2.45) is 0 Å². The van der Waals surface area contributed by atoms with Crippen LogP contribution in [0.1, 0.15) is 42.3 Å². The predicted molar refractivity (Wildman–Crippen MR) is 106 cm³/mol. The molecule has 2 aromatic rings. The molecule has 7 heteroatoms. The zero-order valence-corrected chi connectivity index (χ0v) is 16.9. The second-order valence-corrected chi connectivity index (χ2v) is 7.39. The highest BCUT2D eigenvalue weighted by molar-refractivity contribution is 7.09. The lowest BCUT2D eigenvalue weighted by atomic mass is 10.0. The maximum Gasteiger partial charge on any atom is 0.229 e. The Kier molecular flexibility index (Phi) is 6.82. The van der Waals surface area contributed by atoms with Gasteiger partial charge in [-0.25, -0.2) is 4.98 Å². The maximum atomic E-state index is 13.0. The van der Waals surface area contributed by atoms with Gasteiger partial charge in [0.1, 0.15) is 16.9 Å². The van der Waals surface area contributed by atoms with Gasteiger partial charge in [0.25, 0.3) is 0 Å². The van der Waals surface area contributed by atoms with Crippen LogP contribution < -0.4 is 10.1 Å². The molecular formula is C20H27N3O3S. The van der Waals surface area contributed by atoms with Crippen LogP contribution >= 0.6 is 11.3 Å². The molecule has 1 saturated heterocycles. The van der Waals surface area contributed by atoms with Crippen LogP contribution in [0.4, 0.5) is 0 Å². The molecule has 1 N–H and O–H groups in total. The summed E-state index contributed by atoms with van der Waals surface area (Å²) in [6.07, 6.45) is 0.269. The SMILES string of the molecule is CCOC(C)c1nc(CC(=O)N2CCNCC2c2ccccc2OC)cs1. The summed E-state index contributed by atoms with van der Waals surface area (Å²) in [4.78, 5) is 19.6. The lowest BCUT2D eigenvalue weighted by molar-refractivity contribution is -0.133. The summed E-state index contributed by atoms with van der Waals surface area (Å²) in [5.74, 6) is 0.902. The number of rotatable bonds is 7. The van der Waals surface area contributed by atoms with Crippen molar-refractivity contribution in [1.82, 2.24) is 15.2 Å². The van der Waals surface area contributed by atoms with E-state index in [1.165, 1.54) is 0 Å². The quantitative estimate of drug-likeness (QED) is 0.789. The lowest BCUT2D eigenvalue weighted by Crippen LogP contribution is -2.49. The van der Waals surface area contributed by atoms with Crippen LogP contribution in [0.25, 0.3) is 0 Å². The highest BCUT2D eigenvalue weighted by Gasteiger charge is 2.30. The predicted octanol–water partition coefficient (Wildman–Crippen LogP) is 2.96. The Bertz CT molecular complexity index is 764. The van der Waals surface area contributed by atoms with Crippen LogP contribution in [0.15, 0.2) is 29.6 Å². The van der Waals surface area contributed by atoms with E-state index in [4.69, 9.17) is 9.47 Å². The van der Waals surface area contributed by atoms with Crippen molar-refractivity contribution < 1.29 is 14.3 Å². The number of hydrogen-bond acceptors (Lipinski definition) is 6. The number of piperazine rings is 1. The number of nitrogens with one attached hydrogen (secondary N) is 1. The van der Waals surface area contributed by atoms with Gasteiger partial charge in [-0.1, -0.05) is 18.2 Å². The first-order valence-electron chi connectivity index (χ1n) is 9.33. The van der Waals surface area contributed by atoms with Gasteiger partial charge in [0.05, 0.1) is 25.3 Å². The minimum absolute atomic E-state index is 0.0376. The maximum absolute atomic E-state index is 13.0. The summed E-state index contributed by atoms with van der Waals surface area (Å²) in [5, 5.41) is 6.27. The monoisotopic (exact) mass is 389 g/mol. The Morgan fingerprint density at radius 2 is 2.26 bits per heavy atom. The van der Waals surface area contributed by atoms with E-state index in [0.717, 1.165) is 35.1 Å². The summed E-state index contributed by atoms with van der Waals surface area (Å²) >= 11 is 1.55. The third-order valence-electron chi connectivity index (χ3n) is 4.73. The Hall–Kier alpha value is -1.96. The number of para-hydroxylation sites is 1. The van der Waals surface area contributed by atoms with E-state index in [0.29, 0.717) is 19.6 Å². The van der Waals surface area contributed by atoms with E-state index in [1.807, 2.05) is 48.4 Å². The zero-order valence-electron chi connectivity index (χ0n) is 16.1. The third-order valence-corrected chi connectivity index (χ3v) is 5.78. The van der Waals surface area contributed by atoms with E-state index in [9.17, 15) is 4.79 Å². The molecule has 1 aromatic carbocycles. The van der Waals surface area contributed by atoms with Crippen molar-refractivity contribution >= 4 is 17.2 Å². The molecule has 0 bridgehead atoms. The molecule has 0 spiro atoms. The fraction of sp³-hybridized carbons (Fsp3) is 0.500. The van der Waals surface area contributed by atoms with Crippen LogP contribution in [-0.4, -0.2) is 49.1 Å². The normalized spacial score (nSPS) is 18.3. The molecule has 3 rings (SSSR count). The van der Waals surface area contributed by atoms with Crippen LogP contribution in [-0.2, 0) is 16.0 Å². The zero-order chi connectivity index (χ0) is 19.2. The number of hydrogen-bond donors (Lipinski definition) is 1. The average molecular weight is 390 g/mol. The summed E-state index contributed by atoms with van der Waals surface area (Å²) in [6.45, 7) is 6.79. The van der Waals surface area contributed by atoms with Crippen LogP contribution in [0, 0.1) is 0 Å². The molecular weight excluding hydrogens is 362 g/mol. The van der Waals surface area contributed by atoms with Crippen molar-refractivity contribution in [2.45, 2.75) is 32.4 Å².